The number of hydrogen-bond donors (Lipinski definition) is 4. The molecule has 0 heterocycles. The van der Waals surface area contributed by atoms with E-state index < -0.39 is 27.6 Å². The summed E-state index contributed by atoms with van der Waals surface area (Å²) in [6, 6.07) is -0.477. The van der Waals surface area contributed by atoms with Gasteiger partial charge in [0.1, 0.15) is 0 Å². The average molecular weight is 293 g/mol. The van der Waals surface area contributed by atoms with Gasteiger partial charge in [-0.3, -0.25) is 4.79 Å². The highest BCUT2D eigenvalue weighted by Crippen LogP contribution is 2.34. The summed E-state index contributed by atoms with van der Waals surface area (Å²) < 4.78 is 21.3. The van der Waals surface area contributed by atoms with Gasteiger partial charge in [-0.15, -0.1) is 0 Å². The quantitative estimate of drug-likeness (QED) is 0.462. The molecule has 9 heteroatoms. The van der Waals surface area contributed by atoms with Gasteiger partial charge in [0.25, 0.3) is 0 Å². The van der Waals surface area contributed by atoms with Crippen molar-refractivity contribution in [1.29, 1.82) is 0 Å². The maximum absolute atomic E-state index is 11.6. The Labute approximate surface area is 111 Å². The Bertz CT molecular complexity index is 444. The van der Waals surface area contributed by atoms with Crippen molar-refractivity contribution in [3.05, 3.63) is 0 Å². The van der Waals surface area contributed by atoms with Gasteiger partial charge in [0.15, 0.2) is 0 Å². The summed E-state index contributed by atoms with van der Waals surface area (Å²) in [4.78, 5) is 22.3. The lowest BCUT2D eigenvalue weighted by atomic mass is 9.74. The van der Waals surface area contributed by atoms with Crippen LogP contribution in [0.3, 0.4) is 0 Å². The normalized spacial score (nSPS) is 17.3. The number of nitrogens with two attached hydrogens (primary N) is 1. The van der Waals surface area contributed by atoms with Gasteiger partial charge < -0.3 is 15.7 Å². The number of carboxylic acids is 1. The number of sulfonamides is 1. The summed E-state index contributed by atoms with van der Waals surface area (Å²) in [6.45, 7) is 0.172. The monoisotopic (exact) mass is 293 g/mol. The topological polar surface area (TPSA) is 139 Å². The van der Waals surface area contributed by atoms with Gasteiger partial charge in [-0.05, 0) is 25.7 Å². The minimum Gasteiger partial charge on any atom is -0.481 e. The Morgan fingerprint density at radius 1 is 1.32 bits per heavy atom. The van der Waals surface area contributed by atoms with Crippen LogP contribution in [0.4, 0.5) is 4.79 Å². The molecule has 110 valence electrons. The molecule has 0 aromatic heterocycles. The zero-order valence-corrected chi connectivity index (χ0v) is 11.3. The molecule has 1 saturated carbocycles. The van der Waals surface area contributed by atoms with E-state index in [4.69, 9.17) is 10.2 Å². The van der Waals surface area contributed by atoms with Crippen LogP contribution in [0.25, 0.3) is 0 Å². The van der Waals surface area contributed by atoms with Crippen LogP contribution in [0, 0.1) is 0 Å². The minimum absolute atomic E-state index is 0.0996. The van der Waals surface area contributed by atoms with Crippen LogP contribution < -0.4 is 15.8 Å². The highest BCUT2D eigenvalue weighted by molar-refractivity contribution is 7.89. The predicted octanol–water partition coefficient (Wildman–Crippen LogP) is -0.638. The van der Waals surface area contributed by atoms with E-state index in [2.05, 4.69) is 10.6 Å². The Kier molecular flexibility index (Phi) is 5.12. The molecular formula is C10H19N3O5S. The van der Waals surface area contributed by atoms with E-state index in [1.807, 2.05) is 0 Å². The fraction of sp³-hybridized carbons (Fsp3) is 0.800. The first kappa shape index (κ1) is 15.7. The molecule has 0 aromatic rings. The molecule has 1 aliphatic carbocycles. The molecule has 0 atom stereocenters. The highest BCUT2D eigenvalue weighted by Gasteiger charge is 2.40. The average Bonchev–Trinajstić information content (AvgIpc) is 2.19. The molecule has 1 rings (SSSR count). The van der Waals surface area contributed by atoms with E-state index >= 15 is 0 Å². The molecule has 0 aromatic carbocycles. The lowest BCUT2D eigenvalue weighted by Gasteiger charge is -2.41. The Balaban J connectivity index is 2.28. The number of nitrogens with one attached hydrogen (secondary N) is 2. The first-order valence-corrected chi connectivity index (χ1v) is 7.72. The number of urea groups is 1. The van der Waals surface area contributed by atoms with Crippen molar-refractivity contribution >= 4 is 22.0 Å². The fourth-order valence-electron chi connectivity index (χ4n) is 2.00. The van der Waals surface area contributed by atoms with Crippen molar-refractivity contribution in [3.63, 3.8) is 0 Å². The van der Waals surface area contributed by atoms with Crippen molar-refractivity contribution in [2.75, 3.05) is 12.3 Å². The summed E-state index contributed by atoms with van der Waals surface area (Å²) in [6.07, 6.45) is 2.29. The third kappa shape index (κ3) is 5.88. The molecule has 0 radical (unpaired) electrons. The number of primary sulfonamides is 1. The molecule has 5 N–H and O–H groups in total. The molecule has 0 unspecified atom stereocenters. The minimum atomic E-state index is -3.52. The molecule has 19 heavy (non-hydrogen) atoms. The van der Waals surface area contributed by atoms with Gasteiger partial charge in [-0.1, -0.05) is 0 Å². The van der Waals surface area contributed by atoms with Gasteiger partial charge in [0.2, 0.25) is 10.0 Å². The molecule has 8 nitrogen and oxygen atoms in total. The van der Waals surface area contributed by atoms with Gasteiger partial charge in [-0.25, -0.2) is 18.4 Å². The van der Waals surface area contributed by atoms with E-state index in [1.165, 1.54) is 0 Å². The van der Waals surface area contributed by atoms with E-state index in [9.17, 15) is 18.0 Å². The van der Waals surface area contributed by atoms with E-state index in [0.29, 0.717) is 12.8 Å². The number of amides is 2. The number of carboxylic acid groups (broad SMARTS) is 1. The molecular weight excluding hydrogens is 274 g/mol. The third-order valence-corrected chi connectivity index (χ3v) is 3.93. The van der Waals surface area contributed by atoms with E-state index in [0.717, 1.165) is 6.42 Å². The van der Waals surface area contributed by atoms with Crippen molar-refractivity contribution in [2.45, 2.75) is 37.6 Å². The summed E-state index contributed by atoms with van der Waals surface area (Å²) in [5, 5.41) is 18.7. The predicted molar refractivity (Wildman–Crippen MR) is 68.0 cm³/mol. The van der Waals surface area contributed by atoms with Gasteiger partial charge in [-0.2, -0.15) is 0 Å². The number of rotatable bonds is 7. The van der Waals surface area contributed by atoms with Crippen molar-refractivity contribution in [2.24, 2.45) is 5.14 Å². The van der Waals surface area contributed by atoms with Crippen LogP contribution in [0.15, 0.2) is 0 Å². The first-order chi connectivity index (χ1) is 8.72. The zero-order valence-electron chi connectivity index (χ0n) is 10.5. The van der Waals surface area contributed by atoms with Crippen LogP contribution in [0.5, 0.6) is 0 Å². The summed E-state index contributed by atoms with van der Waals surface area (Å²) in [5.74, 6) is -1.15. The molecule has 0 spiro atoms. The van der Waals surface area contributed by atoms with Crippen LogP contribution in [0.2, 0.25) is 0 Å². The molecule has 1 fully saturated rings. The highest BCUT2D eigenvalue weighted by atomic mass is 32.2. The third-order valence-electron chi connectivity index (χ3n) is 3.07. The largest absolute Gasteiger partial charge is 0.481 e. The lowest BCUT2D eigenvalue weighted by Crippen LogP contribution is -2.57. The van der Waals surface area contributed by atoms with Crippen molar-refractivity contribution in [3.8, 4) is 0 Å². The summed E-state index contributed by atoms with van der Waals surface area (Å²) in [7, 11) is -3.52. The summed E-state index contributed by atoms with van der Waals surface area (Å²) in [5.41, 5.74) is -0.657. The maximum atomic E-state index is 11.6. The first-order valence-electron chi connectivity index (χ1n) is 6.01. The Morgan fingerprint density at radius 3 is 2.37 bits per heavy atom. The van der Waals surface area contributed by atoms with Crippen molar-refractivity contribution < 1.29 is 23.1 Å². The second-order valence-electron chi connectivity index (χ2n) is 4.81. The Morgan fingerprint density at radius 2 is 1.95 bits per heavy atom. The Hall–Kier alpha value is -1.35. The smallest absolute Gasteiger partial charge is 0.315 e. The van der Waals surface area contributed by atoms with Crippen LogP contribution >= 0.6 is 0 Å². The second kappa shape index (κ2) is 6.20. The molecule has 0 saturated heterocycles. The lowest BCUT2D eigenvalue weighted by molar-refractivity contribution is -0.139. The SMILES string of the molecule is NS(=O)(=O)CCCNC(=O)NC1(CC(=O)O)CCC1. The van der Waals surface area contributed by atoms with Gasteiger partial charge >= 0.3 is 12.0 Å². The van der Waals surface area contributed by atoms with E-state index in [1.54, 1.807) is 0 Å². The fourth-order valence-corrected chi connectivity index (χ4v) is 2.55. The zero-order chi connectivity index (χ0) is 14.5. The number of carbonyl (C=O) groups excluding carboxylic acids is 1. The second-order valence-corrected chi connectivity index (χ2v) is 6.54. The molecule has 2 amide bonds. The van der Waals surface area contributed by atoms with Gasteiger partial charge in [0.05, 0.1) is 17.7 Å². The van der Waals surface area contributed by atoms with Crippen LogP contribution in [-0.4, -0.2) is 43.4 Å². The summed E-state index contributed by atoms with van der Waals surface area (Å²) >= 11 is 0. The molecule has 0 bridgehead atoms. The number of aliphatic carboxylic acids is 1. The van der Waals surface area contributed by atoms with Crippen LogP contribution in [-0.2, 0) is 14.8 Å². The number of hydrogen-bond acceptors (Lipinski definition) is 4. The molecule has 1 aliphatic rings. The van der Waals surface area contributed by atoms with Crippen LogP contribution in [0.1, 0.15) is 32.1 Å². The molecule has 0 aliphatic heterocycles. The standard InChI is InChI=1S/C10H19N3O5S/c11-19(17,18)6-2-5-12-9(16)13-10(3-1-4-10)7-8(14)15/h1-7H2,(H,14,15)(H2,11,17,18)(H2,12,13,16). The van der Waals surface area contributed by atoms with Gasteiger partial charge in [0, 0.05) is 6.54 Å². The maximum Gasteiger partial charge on any atom is 0.315 e. The number of carbonyl (C=O) groups is 2. The van der Waals surface area contributed by atoms with Crippen molar-refractivity contribution in [1.82, 2.24) is 10.6 Å². The van der Waals surface area contributed by atoms with E-state index in [-0.39, 0.29) is 25.1 Å².